The van der Waals surface area contributed by atoms with Crippen LogP contribution in [0.5, 0.6) is 0 Å². The third-order valence-corrected chi connectivity index (χ3v) is 5.90. The topological polar surface area (TPSA) is 69.1 Å². The molecule has 2 aliphatic rings. The highest BCUT2D eigenvalue weighted by atomic mass is 127. The molecule has 1 unspecified atom stereocenters. The van der Waals surface area contributed by atoms with Gasteiger partial charge in [0, 0.05) is 44.4 Å². The molecule has 0 amide bonds. The number of aliphatic hydroxyl groups is 1. The van der Waals surface area contributed by atoms with Crippen LogP contribution < -0.4 is 10.6 Å². The van der Waals surface area contributed by atoms with E-state index in [4.69, 9.17) is 9.73 Å². The molecule has 1 aromatic rings. The van der Waals surface area contributed by atoms with Crippen LogP contribution in [0, 0.1) is 0 Å². The highest BCUT2D eigenvalue weighted by molar-refractivity contribution is 14.0. The van der Waals surface area contributed by atoms with Crippen molar-refractivity contribution in [2.45, 2.75) is 57.2 Å². The van der Waals surface area contributed by atoms with E-state index in [1.54, 1.807) is 0 Å². The fourth-order valence-corrected chi connectivity index (χ4v) is 4.12. The third kappa shape index (κ3) is 7.08. The van der Waals surface area contributed by atoms with Crippen molar-refractivity contribution >= 4 is 29.9 Å². The number of rotatable bonds is 6. The van der Waals surface area contributed by atoms with Gasteiger partial charge in [-0.05, 0) is 45.1 Å². The maximum atomic E-state index is 9.81. The number of benzene rings is 1. The second kappa shape index (κ2) is 12.1. The predicted octanol–water partition coefficient (Wildman–Crippen LogP) is 2.93. The molecule has 0 saturated carbocycles. The summed E-state index contributed by atoms with van der Waals surface area (Å²) in [5, 5.41) is 17.1. The number of likely N-dealkylation sites (tertiary alicyclic amines) is 1. The van der Waals surface area contributed by atoms with Crippen molar-refractivity contribution < 1.29 is 9.84 Å². The Balaban J connectivity index is 0.00000300. The van der Waals surface area contributed by atoms with E-state index < -0.39 is 0 Å². The van der Waals surface area contributed by atoms with E-state index >= 15 is 0 Å². The number of aliphatic hydroxyl groups excluding tert-OH is 1. The minimum absolute atomic E-state index is 0. The van der Waals surface area contributed by atoms with Gasteiger partial charge in [-0.3, -0.25) is 4.99 Å². The van der Waals surface area contributed by atoms with Crippen molar-refractivity contribution in [3.05, 3.63) is 35.9 Å². The molecular formula is C22H37IN4O2. The molecule has 2 aliphatic heterocycles. The molecule has 2 fully saturated rings. The fourth-order valence-electron chi connectivity index (χ4n) is 4.12. The van der Waals surface area contributed by atoms with E-state index in [-0.39, 0.29) is 41.7 Å². The number of nitrogens with one attached hydrogen (secondary N) is 2. The lowest BCUT2D eigenvalue weighted by molar-refractivity contribution is 0.0372. The first kappa shape index (κ1) is 24.4. The summed E-state index contributed by atoms with van der Waals surface area (Å²) in [5.74, 6) is 0.967. The summed E-state index contributed by atoms with van der Waals surface area (Å²) >= 11 is 0. The second-order valence-corrected chi connectivity index (χ2v) is 8.06. The molecule has 0 radical (unpaired) electrons. The van der Waals surface area contributed by atoms with E-state index in [2.05, 4.69) is 59.7 Å². The van der Waals surface area contributed by atoms with Crippen molar-refractivity contribution in [2.75, 3.05) is 39.4 Å². The van der Waals surface area contributed by atoms with Crippen molar-refractivity contribution in [3.8, 4) is 0 Å². The van der Waals surface area contributed by atoms with Crippen LogP contribution in [0.1, 0.15) is 51.1 Å². The lowest BCUT2D eigenvalue weighted by Crippen LogP contribution is -2.54. The molecule has 29 heavy (non-hydrogen) atoms. The van der Waals surface area contributed by atoms with Crippen LogP contribution in [0.3, 0.4) is 0 Å². The van der Waals surface area contributed by atoms with Gasteiger partial charge in [-0.15, -0.1) is 24.0 Å². The Hall–Kier alpha value is -0.900. The average Bonchev–Trinajstić information content (AvgIpc) is 2.73. The standard InChI is InChI=1S/C22H36N4O2.HI/c1-3-23-21(26-13-9-20(27)10-14-26)24-17-22(11-15-28-16-12-22)25-18(2)19-7-5-4-6-8-19;/h4-8,18,20,25,27H,3,9-17H2,1-2H3,(H,23,24);1H. The van der Waals surface area contributed by atoms with E-state index in [0.717, 1.165) is 71.0 Å². The van der Waals surface area contributed by atoms with Gasteiger partial charge in [0.2, 0.25) is 0 Å². The molecule has 2 heterocycles. The Morgan fingerprint density at radius 1 is 1.24 bits per heavy atom. The van der Waals surface area contributed by atoms with Gasteiger partial charge in [0.15, 0.2) is 5.96 Å². The van der Waals surface area contributed by atoms with Crippen LogP contribution in [0.2, 0.25) is 0 Å². The van der Waals surface area contributed by atoms with Crippen LogP contribution >= 0.6 is 24.0 Å². The Morgan fingerprint density at radius 2 is 1.90 bits per heavy atom. The van der Waals surface area contributed by atoms with E-state index in [1.807, 2.05) is 0 Å². The summed E-state index contributed by atoms with van der Waals surface area (Å²) in [5.41, 5.74) is 1.25. The third-order valence-electron chi connectivity index (χ3n) is 5.90. The Kier molecular flexibility index (Phi) is 10.1. The maximum Gasteiger partial charge on any atom is 0.193 e. The zero-order chi connectivity index (χ0) is 19.8. The maximum absolute atomic E-state index is 9.81. The summed E-state index contributed by atoms with van der Waals surface area (Å²) in [6.07, 6.45) is 3.38. The summed E-state index contributed by atoms with van der Waals surface area (Å²) in [6.45, 7) is 9.18. The largest absolute Gasteiger partial charge is 0.393 e. The number of piperidine rings is 1. The molecule has 0 spiro atoms. The van der Waals surface area contributed by atoms with Gasteiger partial charge < -0.3 is 25.4 Å². The lowest BCUT2D eigenvalue weighted by Gasteiger charge is -2.40. The van der Waals surface area contributed by atoms with E-state index in [1.165, 1.54) is 5.56 Å². The first-order valence-electron chi connectivity index (χ1n) is 10.7. The molecule has 1 aromatic carbocycles. The quantitative estimate of drug-likeness (QED) is 0.308. The van der Waals surface area contributed by atoms with Crippen LogP contribution in [0.4, 0.5) is 0 Å². The van der Waals surface area contributed by atoms with Crippen molar-refractivity contribution in [2.24, 2.45) is 4.99 Å². The highest BCUT2D eigenvalue weighted by Crippen LogP contribution is 2.26. The number of guanidine groups is 1. The van der Waals surface area contributed by atoms with Crippen LogP contribution in [0.25, 0.3) is 0 Å². The molecule has 0 bridgehead atoms. The van der Waals surface area contributed by atoms with Gasteiger partial charge in [-0.25, -0.2) is 0 Å². The lowest BCUT2D eigenvalue weighted by atomic mass is 9.88. The monoisotopic (exact) mass is 516 g/mol. The summed E-state index contributed by atoms with van der Waals surface area (Å²) in [4.78, 5) is 7.32. The second-order valence-electron chi connectivity index (χ2n) is 8.06. The molecule has 3 rings (SSSR count). The van der Waals surface area contributed by atoms with Crippen LogP contribution in [0.15, 0.2) is 35.3 Å². The van der Waals surface area contributed by atoms with E-state index in [9.17, 15) is 5.11 Å². The number of ether oxygens (including phenoxy) is 1. The van der Waals surface area contributed by atoms with Gasteiger partial charge >= 0.3 is 0 Å². The summed E-state index contributed by atoms with van der Waals surface area (Å²) in [7, 11) is 0. The molecular weight excluding hydrogens is 479 g/mol. The Morgan fingerprint density at radius 3 is 2.52 bits per heavy atom. The van der Waals surface area contributed by atoms with Gasteiger partial charge in [0.05, 0.1) is 12.6 Å². The van der Waals surface area contributed by atoms with Crippen LogP contribution in [-0.4, -0.2) is 67.0 Å². The number of nitrogens with zero attached hydrogens (tertiary/aromatic N) is 2. The number of halogens is 1. The van der Waals surface area contributed by atoms with Crippen molar-refractivity contribution in [3.63, 3.8) is 0 Å². The fraction of sp³-hybridized carbons (Fsp3) is 0.682. The van der Waals surface area contributed by atoms with Crippen molar-refractivity contribution in [1.82, 2.24) is 15.5 Å². The zero-order valence-electron chi connectivity index (χ0n) is 17.8. The average molecular weight is 516 g/mol. The van der Waals surface area contributed by atoms with Gasteiger partial charge in [-0.1, -0.05) is 30.3 Å². The Labute approximate surface area is 192 Å². The molecule has 6 nitrogen and oxygen atoms in total. The van der Waals surface area contributed by atoms with Gasteiger partial charge in [0.1, 0.15) is 0 Å². The van der Waals surface area contributed by atoms with Crippen LogP contribution in [-0.2, 0) is 4.74 Å². The predicted molar refractivity (Wildman–Crippen MR) is 129 cm³/mol. The molecule has 0 aliphatic carbocycles. The van der Waals surface area contributed by atoms with E-state index in [0.29, 0.717) is 0 Å². The molecule has 0 aromatic heterocycles. The molecule has 3 N–H and O–H groups in total. The SMILES string of the molecule is CCNC(=NCC1(NC(C)c2ccccc2)CCOCC1)N1CCC(O)CC1.I. The molecule has 164 valence electrons. The van der Waals surface area contributed by atoms with Gasteiger partial charge in [0.25, 0.3) is 0 Å². The smallest absolute Gasteiger partial charge is 0.193 e. The first-order valence-corrected chi connectivity index (χ1v) is 10.7. The first-order chi connectivity index (χ1) is 13.6. The van der Waals surface area contributed by atoms with Crippen molar-refractivity contribution in [1.29, 1.82) is 0 Å². The summed E-state index contributed by atoms with van der Waals surface area (Å²) in [6, 6.07) is 10.9. The highest BCUT2D eigenvalue weighted by Gasteiger charge is 2.34. The number of aliphatic imine (C=N–C) groups is 1. The molecule has 1 atom stereocenters. The molecule has 7 heteroatoms. The minimum atomic E-state index is -0.172. The zero-order valence-corrected chi connectivity index (χ0v) is 20.1. The Bertz CT molecular complexity index is 614. The number of hydrogen-bond acceptors (Lipinski definition) is 4. The minimum Gasteiger partial charge on any atom is -0.393 e. The molecule has 2 saturated heterocycles. The summed E-state index contributed by atoms with van der Waals surface area (Å²) < 4.78 is 5.65. The van der Waals surface area contributed by atoms with Gasteiger partial charge in [-0.2, -0.15) is 0 Å². The number of hydrogen-bond donors (Lipinski definition) is 3. The normalized spacial score (nSPS) is 21.3.